The molecule has 7 nitrogen and oxygen atoms in total. The van der Waals surface area contributed by atoms with Gasteiger partial charge in [-0.3, -0.25) is 0 Å². The van der Waals surface area contributed by atoms with Crippen molar-refractivity contribution in [1.82, 2.24) is 5.32 Å². The Morgan fingerprint density at radius 3 is 2.22 bits per heavy atom. The number of carboxylic acid groups (broad SMARTS) is 1. The zero-order valence-electron chi connectivity index (χ0n) is 17.0. The van der Waals surface area contributed by atoms with Crippen LogP contribution in [0, 0.1) is 0 Å². The van der Waals surface area contributed by atoms with Crippen molar-refractivity contribution in [3.05, 3.63) is 81.8 Å². The number of phenolic OH excluding ortho intramolecular Hbond substituents is 1. The van der Waals surface area contributed by atoms with E-state index in [1.165, 1.54) is 19.2 Å². The highest BCUT2D eigenvalue weighted by Gasteiger charge is 2.30. The van der Waals surface area contributed by atoms with Gasteiger partial charge in [-0.15, -0.1) is 0 Å². The van der Waals surface area contributed by atoms with E-state index in [1.54, 1.807) is 0 Å². The molecule has 0 spiro atoms. The van der Waals surface area contributed by atoms with Gasteiger partial charge in [-0.1, -0.05) is 48.5 Å². The Balaban J connectivity index is 1.51. The van der Waals surface area contributed by atoms with Crippen molar-refractivity contribution in [2.75, 3.05) is 13.7 Å². The van der Waals surface area contributed by atoms with Gasteiger partial charge in [-0.2, -0.15) is 0 Å². The number of fused-ring (bicyclic) bond motifs is 3. The standard InChI is InChI=1S/C24H20BrNO6/c1-31-20-11-13(10-19(25)22(20)27)21(23(28)29)26-24(30)32-12-18-16-8-4-2-6-14(16)15-7-3-5-9-17(15)18/h2-11,18,21,27H,12H2,1H3,(H,26,30)(H,28,29). The summed E-state index contributed by atoms with van der Waals surface area (Å²) in [6.07, 6.45) is -0.859. The van der Waals surface area contributed by atoms with Crippen LogP contribution < -0.4 is 10.1 Å². The molecule has 1 amide bonds. The maximum Gasteiger partial charge on any atom is 0.408 e. The molecule has 3 aromatic rings. The van der Waals surface area contributed by atoms with Crippen LogP contribution in [0.25, 0.3) is 11.1 Å². The van der Waals surface area contributed by atoms with Crippen LogP contribution in [0.2, 0.25) is 0 Å². The van der Waals surface area contributed by atoms with E-state index < -0.39 is 18.1 Å². The van der Waals surface area contributed by atoms with E-state index in [1.807, 2.05) is 48.5 Å². The summed E-state index contributed by atoms with van der Waals surface area (Å²) < 4.78 is 10.8. The van der Waals surface area contributed by atoms with E-state index in [9.17, 15) is 19.8 Å². The van der Waals surface area contributed by atoms with Crippen molar-refractivity contribution < 1.29 is 29.3 Å². The molecule has 0 aromatic heterocycles. The van der Waals surface area contributed by atoms with Crippen LogP contribution in [-0.2, 0) is 9.53 Å². The quantitative estimate of drug-likeness (QED) is 0.450. The third kappa shape index (κ3) is 4.01. The van der Waals surface area contributed by atoms with E-state index in [4.69, 9.17) is 9.47 Å². The van der Waals surface area contributed by atoms with Gasteiger partial charge >= 0.3 is 12.1 Å². The Kier molecular flexibility index (Phi) is 6.05. The first kappa shape index (κ1) is 21.7. The van der Waals surface area contributed by atoms with Crippen molar-refractivity contribution >= 4 is 28.0 Å². The van der Waals surface area contributed by atoms with Gasteiger partial charge in [-0.25, -0.2) is 9.59 Å². The van der Waals surface area contributed by atoms with E-state index in [-0.39, 0.29) is 34.1 Å². The summed E-state index contributed by atoms with van der Waals surface area (Å²) in [5.74, 6) is -1.51. The van der Waals surface area contributed by atoms with Gasteiger partial charge in [0.25, 0.3) is 0 Å². The number of carboxylic acids is 1. The number of phenols is 1. The maximum absolute atomic E-state index is 12.5. The molecule has 8 heteroatoms. The fraction of sp³-hybridized carbons (Fsp3) is 0.167. The number of alkyl carbamates (subject to hydrolysis) is 1. The molecule has 0 saturated carbocycles. The second-order valence-electron chi connectivity index (χ2n) is 7.29. The van der Waals surface area contributed by atoms with E-state index >= 15 is 0 Å². The fourth-order valence-electron chi connectivity index (χ4n) is 3.96. The third-order valence-electron chi connectivity index (χ3n) is 5.46. The van der Waals surface area contributed by atoms with E-state index in [0.29, 0.717) is 0 Å². The van der Waals surface area contributed by atoms with Gasteiger partial charge in [0.15, 0.2) is 17.5 Å². The minimum atomic E-state index is -1.39. The summed E-state index contributed by atoms with van der Waals surface area (Å²) in [4.78, 5) is 24.4. The molecule has 0 aliphatic heterocycles. The second-order valence-corrected chi connectivity index (χ2v) is 8.15. The normalized spacial score (nSPS) is 13.1. The summed E-state index contributed by atoms with van der Waals surface area (Å²) in [6.45, 7) is 0.0643. The molecule has 3 N–H and O–H groups in total. The molecule has 164 valence electrons. The lowest BCUT2D eigenvalue weighted by Crippen LogP contribution is -2.34. The molecule has 0 radical (unpaired) electrons. The Morgan fingerprint density at radius 1 is 1.06 bits per heavy atom. The monoisotopic (exact) mass is 497 g/mol. The predicted octanol–water partition coefficient (Wildman–Crippen LogP) is 4.83. The molecular weight excluding hydrogens is 478 g/mol. The van der Waals surface area contributed by atoms with Crippen LogP contribution in [0.1, 0.15) is 28.7 Å². The average Bonchev–Trinajstić information content (AvgIpc) is 3.11. The average molecular weight is 498 g/mol. The van der Waals surface area contributed by atoms with Gasteiger partial charge < -0.3 is 25.0 Å². The number of nitrogens with one attached hydrogen (secondary N) is 1. The van der Waals surface area contributed by atoms with Gasteiger partial charge in [0, 0.05) is 5.92 Å². The Morgan fingerprint density at radius 2 is 1.66 bits per heavy atom. The Labute approximate surface area is 192 Å². The molecule has 3 aromatic carbocycles. The van der Waals surface area contributed by atoms with Crippen LogP contribution in [0.15, 0.2) is 65.1 Å². The first-order valence-corrected chi connectivity index (χ1v) is 10.6. The van der Waals surface area contributed by atoms with Crippen molar-refractivity contribution in [3.8, 4) is 22.6 Å². The number of hydrogen-bond donors (Lipinski definition) is 3. The number of rotatable bonds is 6. The summed E-state index contributed by atoms with van der Waals surface area (Å²) in [7, 11) is 1.35. The molecule has 0 saturated heterocycles. The minimum Gasteiger partial charge on any atom is -0.503 e. The first-order valence-electron chi connectivity index (χ1n) is 9.81. The highest BCUT2D eigenvalue weighted by atomic mass is 79.9. The molecule has 32 heavy (non-hydrogen) atoms. The number of methoxy groups -OCH3 is 1. The minimum absolute atomic E-state index is 0.0643. The maximum atomic E-state index is 12.5. The SMILES string of the molecule is COc1cc(C(NC(=O)OCC2c3ccccc3-c3ccccc32)C(=O)O)cc(Br)c1O. The number of aliphatic carboxylic acids is 1. The number of ether oxygens (including phenoxy) is 2. The Bertz CT molecular complexity index is 1150. The van der Waals surface area contributed by atoms with Crippen LogP contribution in [-0.4, -0.2) is 36.0 Å². The van der Waals surface area contributed by atoms with Gasteiger partial charge in [0.2, 0.25) is 0 Å². The van der Waals surface area contributed by atoms with Crippen LogP contribution in [0.4, 0.5) is 4.79 Å². The molecule has 1 aliphatic carbocycles. The van der Waals surface area contributed by atoms with Crippen LogP contribution >= 0.6 is 15.9 Å². The zero-order chi connectivity index (χ0) is 22.8. The lowest BCUT2D eigenvalue weighted by atomic mass is 9.98. The molecule has 4 rings (SSSR count). The lowest BCUT2D eigenvalue weighted by Gasteiger charge is -2.18. The molecule has 1 aliphatic rings. The molecule has 0 heterocycles. The molecule has 1 atom stereocenters. The number of hydrogen-bond acceptors (Lipinski definition) is 5. The number of halogens is 1. The molecule has 1 unspecified atom stereocenters. The van der Waals surface area contributed by atoms with Gasteiger partial charge in [-0.05, 0) is 55.9 Å². The predicted molar refractivity (Wildman–Crippen MR) is 121 cm³/mol. The Hall–Kier alpha value is -3.52. The number of carbonyl (C=O) groups excluding carboxylic acids is 1. The number of benzene rings is 3. The van der Waals surface area contributed by atoms with E-state index in [0.717, 1.165) is 22.3 Å². The summed E-state index contributed by atoms with van der Waals surface area (Å²) in [5, 5.41) is 22.0. The third-order valence-corrected chi connectivity index (χ3v) is 6.06. The lowest BCUT2D eigenvalue weighted by molar-refractivity contribution is -0.139. The van der Waals surface area contributed by atoms with Crippen molar-refractivity contribution in [2.24, 2.45) is 0 Å². The molecular formula is C24H20BrNO6. The first-order chi connectivity index (χ1) is 15.4. The van der Waals surface area contributed by atoms with Crippen molar-refractivity contribution in [3.63, 3.8) is 0 Å². The van der Waals surface area contributed by atoms with E-state index in [2.05, 4.69) is 21.2 Å². The summed E-state index contributed by atoms with van der Waals surface area (Å²) in [5.41, 5.74) is 4.53. The molecule has 0 fully saturated rings. The number of carbonyl (C=O) groups is 2. The zero-order valence-corrected chi connectivity index (χ0v) is 18.6. The van der Waals surface area contributed by atoms with Crippen LogP contribution in [0.5, 0.6) is 11.5 Å². The summed E-state index contributed by atoms with van der Waals surface area (Å²) in [6, 6.07) is 17.2. The fourth-order valence-corrected chi connectivity index (χ4v) is 4.42. The highest BCUT2D eigenvalue weighted by molar-refractivity contribution is 9.10. The molecule has 0 bridgehead atoms. The largest absolute Gasteiger partial charge is 0.503 e. The van der Waals surface area contributed by atoms with Gasteiger partial charge in [0.05, 0.1) is 11.6 Å². The van der Waals surface area contributed by atoms with Gasteiger partial charge in [0.1, 0.15) is 6.61 Å². The second kappa shape index (κ2) is 8.92. The van der Waals surface area contributed by atoms with Crippen molar-refractivity contribution in [1.29, 1.82) is 0 Å². The smallest absolute Gasteiger partial charge is 0.408 e. The summed E-state index contributed by atoms with van der Waals surface area (Å²) >= 11 is 3.16. The number of amides is 1. The number of aromatic hydroxyl groups is 1. The van der Waals surface area contributed by atoms with Crippen molar-refractivity contribution in [2.45, 2.75) is 12.0 Å². The highest BCUT2D eigenvalue weighted by Crippen LogP contribution is 2.44. The van der Waals surface area contributed by atoms with Crippen LogP contribution in [0.3, 0.4) is 0 Å². The topological polar surface area (TPSA) is 105 Å².